The van der Waals surface area contributed by atoms with Crippen LogP contribution in [0.15, 0.2) is 12.1 Å². The van der Waals surface area contributed by atoms with Gasteiger partial charge in [-0.2, -0.15) is 0 Å². The molecule has 0 N–H and O–H groups in total. The summed E-state index contributed by atoms with van der Waals surface area (Å²) < 4.78 is 30.3. The highest BCUT2D eigenvalue weighted by Crippen LogP contribution is 2.23. The van der Waals surface area contributed by atoms with Crippen LogP contribution in [0, 0.1) is 11.6 Å². The number of carbonyl (C=O) groups excluding carboxylic acids is 2. The van der Waals surface area contributed by atoms with Crippen LogP contribution in [-0.4, -0.2) is 18.9 Å². The normalized spacial score (nSPS) is 10.0. The van der Waals surface area contributed by atoms with Gasteiger partial charge in [0.05, 0.1) is 12.1 Å². The fraction of sp³-hybridized carbons (Fsp3) is 0.200. The zero-order valence-corrected chi connectivity index (χ0v) is 8.98. The van der Waals surface area contributed by atoms with Gasteiger partial charge in [-0.15, -0.1) is 0 Å². The van der Waals surface area contributed by atoms with Gasteiger partial charge >= 0.3 is 5.97 Å². The molecular weight excluding hydrogens is 242 g/mol. The molecule has 0 saturated heterocycles. The number of rotatable bonds is 3. The molecule has 0 spiro atoms. The van der Waals surface area contributed by atoms with E-state index in [1.807, 2.05) is 0 Å². The van der Waals surface area contributed by atoms with E-state index in [1.54, 1.807) is 0 Å². The third-order valence-electron chi connectivity index (χ3n) is 1.89. The molecule has 16 heavy (non-hydrogen) atoms. The summed E-state index contributed by atoms with van der Waals surface area (Å²) in [6.07, 6.45) is -0.630. The Morgan fingerprint density at radius 1 is 1.31 bits per heavy atom. The quantitative estimate of drug-likeness (QED) is 0.466. The Hall–Kier alpha value is -1.49. The van der Waals surface area contributed by atoms with E-state index >= 15 is 0 Å². The van der Waals surface area contributed by atoms with Gasteiger partial charge in [-0.05, 0) is 12.1 Å². The lowest BCUT2D eigenvalue weighted by Gasteiger charge is -2.05. The lowest BCUT2D eigenvalue weighted by Crippen LogP contribution is -2.18. The van der Waals surface area contributed by atoms with Crippen LogP contribution < -0.4 is 0 Å². The van der Waals surface area contributed by atoms with E-state index in [9.17, 15) is 18.4 Å². The molecule has 0 atom stereocenters. The minimum atomic E-state index is -1.13. The van der Waals surface area contributed by atoms with Crippen LogP contribution in [0.5, 0.6) is 0 Å². The number of esters is 1. The van der Waals surface area contributed by atoms with Gasteiger partial charge in [0.2, 0.25) is 5.78 Å². The predicted octanol–water partition coefficient (Wildman–Crippen LogP) is 1.90. The van der Waals surface area contributed by atoms with E-state index in [0.29, 0.717) is 0 Å². The average molecular weight is 249 g/mol. The van der Waals surface area contributed by atoms with Crippen LogP contribution in [0.4, 0.5) is 8.78 Å². The zero-order valence-electron chi connectivity index (χ0n) is 8.22. The van der Waals surface area contributed by atoms with Crippen molar-refractivity contribution in [2.24, 2.45) is 0 Å². The second-order valence-electron chi connectivity index (χ2n) is 2.91. The second kappa shape index (κ2) is 5.03. The van der Waals surface area contributed by atoms with E-state index in [4.69, 9.17) is 11.6 Å². The van der Waals surface area contributed by atoms with Crippen molar-refractivity contribution in [1.82, 2.24) is 0 Å². The molecule has 1 aromatic carbocycles. The topological polar surface area (TPSA) is 43.4 Å². The third kappa shape index (κ3) is 2.55. The Morgan fingerprint density at radius 2 is 1.88 bits per heavy atom. The summed E-state index contributed by atoms with van der Waals surface area (Å²) in [6, 6.07) is 1.67. The first kappa shape index (κ1) is 12.6. The molecular formula is C10H7ClF2O3. The number of ketones is 1. The van der Waals surface area contributed by atoms with Crippen LogP contribution in [0.2, 0.25) is 5.02 Å². The minimum Gasteiger partial charge on any atom is -0.463 e. The smallest absolute Gasteiger partial charge is 0.374 e. The van der Waals surface area contributed by atoms with Crippen molar-refractivity contribution in [1.29, 1.82) is 0 Å². The molecule has 0 heterocycles. The fourth-order valence-corrected chi connectivity index (χ4v) is 1.30. The van der Waals surface area contributed by atoms with Crippen molar-refractivity contribution in [3.05, 3.63) is 34.4 Å². The van der Waals surface area contributed by atoms with Gasteiger partial charge in [0.15, 0.2) is 0 Å². The van der Waals surface area contributed by atoms with Crippen LogP contribution in [-0.2, 0) is 20.7 Å². The first-order chi connectivity index (χ1) is 7.47. The fourth-order valence-electron chi connectivity index (χ4n) is 1.08. The highest BCUT2D eigenvalue weighted by molar-refractivity contribution is 6.35. The highest BCUT2D eigenvalue weighted by Gasteiger charge is 2.20. The predicted molar refractivity (Wildman–Crippen MR) is 52.1 cm³/mol. The van der Waals surface area contributed by atoms with Crippen LogP contribution in [0.1, 0.15) is 5.56 Å². The van der Waals surface area contributed by atoms with E-state index < -0.39 is 34.8 Å². The summed E-state index contributed by atoms with van der Waals surface area (Å²) >= 11 is 5.47. The average Bonchev–Trinajstić information content (AvgIpc) is 2.28. The van der Waals surface area contributed by atoms with Gasteiger partial charge in [-0.25, -0.2) is 13.6 Å². The van der Waals surface area contributed by atoms with Crippen molar-refractivity contribution in [3.8, 4) is 0 Å². The zero-order chi connectivity index (χ0) is 12.3. The van der Waals surface area contributed by atoms with Gasteiger partial charge in [0.1, 0.15) is 11.6 Å². The number of ether oxygens (including phenoxy) is 1. The molecule has 0 radical (unpaired) electrons. The maximum absolute atomic E-state index is 13.2. The SMILES string of the molecule is COC(=O)C(=O)Cc1c(F)ccc(F)c1Cl. The van der Waals surface area contributed by atoms with Crippen LogP contribution in [0.25, 0.3) is 0 Å². The van der Waals surface area contributed by atoms with Gasteiger partial charge in [-0.1, -0.05) is 11.6 Å². The van der Waals surface area contributed by atoms with Crippen molar-refractivity contribution in [3.63, 3.8) is 0 Å². The monoisotopic (exact) mass is 248 g/mol. The summed E-state index contributed by atoms with van der Waals surface area (Å²) in [5.74, 6) is -3.81. The first-order valence-corrected chi connectivity index (χ1v) is 4.58. The molecule has 0 saturated carbocycles. The standard InChI is InChI=1S/C10H7ClF2O3/c1-16-10(15)8(14)4-5-6(12)2-3-7(13)9(5)11/h2-3H,4H2,1H3. The highest BCUT2D eigenvalue weighted by atomic mass is 35.5. The van der Waals surface area contributed by atoms with E-state index in [1.165, 1.54) is 0 Å². The summed E-state index contributed by atoms with van der Waals surface area (Å²) in [5.41, 5.74) is -0.350. The Morgan fingerprint density at radius 3 is 2.44 bits per heavy atom. The molecule has 0 aromatic heterocycles. The van der Waals surface area contributed by atoms with E-state index in [-0.39, 0.29) is 5.56 Å². The first-order valence-electron chi connectivity index (χ1n) is 4.21. The van der Waals surface area contributed by atoms with Crippen LogP contribution >= 0.6 is 11.6 Å². The van der Waals surface area contributed by atoms with Gasteiger partial charge in [-0.3, -0.25) is 4.79 Å². The largest absolute Gasteiger partial charge is 0.463 e. The molecule has 86 valence electrons. The van der Waals surface area contributed by atoms with Crippen molar-refractivity contribution >= 4 is 23.4 Å². The number of Topliss-reactive ketones (excluding diaryl/α,β-unsaturated/α-hetero) is 1. The lowest BCUT2D eigenvalue weighted by atomic mass is 10.1. The number of hydrogen-bond acceptors (Lipinski definition) is 3. The lowest BCUT2D eigenvalue weighted by molar-refractivity contribution is -0.151. The summed E-state index contributed by atoms with van der Waals surface area (Å²) in [7, 11) is 1.02. The molecule has 1 rings (SSSR count). The molecule has 1 aromatic rings. The Labute approximate surface area is 95.0 Å². The van der Waals surface area contributed by atoms with E-state index in [0.717, 1.165) is 19.2 Å². The molecule has 0 aliphatic rings. The van der Waals surface area contributed by atoms with E-state index in [2.05, 4.69) is 4.74 Å². The summed E-state index contributed by atoms with van der Waals surface area (Å²) in [5, 5.41) is -0.503. The number of benzene rings is 1. The van der Waals surface area contributed by atoms with Crippen molar-refractivity contribution in [2.45, 2.75) is 6.42 Å². The number of halogens is 3. The van der Waals surface area contributed by atoms with Gasteiger partial charge in [0.25, 0.3) is 0 Å². The van der Waals surface area contributed by atoms with Crippen molar-refractivity contribution < 1.29 is 23.1 Å². The molecule has 0 bridgehead atoms. The second-order valence-corrected chi connectivity index (χ2v) is 3.29. The molecule has 0 fully saturated rings. The summed E-state index contributed by atoms with van der Waals surface area (Å²) in [4.78, 5) is 21.9. The summed E-state index contributed by atoms with van der Waals surface area (Å²) in [6.45, 7) is 0. The van der Waals surface area contributed by atoms with Crippen LogP contribution in [0.3, 0.4) is 0 Å². The van der Waals surface area contributed by atoms with Gasteiger partial charge in [0, 0.05) is 12.0 Å². The molecule has 0 aliphatic carbocycles. The molecule has 0 amide bonds. The molecule has 0 unspecified atom stereocenters. The molecule has 0 aliphatic heterocycles. The van der Waals surface area contributed by atoms with Crippen molar-refractivity contribution in [2.75, 3.05) is 7.11 Å². The number of hydrogen-bond donors (Lipinski definition) is 0. The number of methoxy groups -OCH3 is 1. The molecule has 3 nitrogen and oxygen atoms in total. The van der Waals surface area contributed by atoms with Gasteiger partial charge < -0.3 is 4.74 Å². The Kier molecular flexibility index (Phi) is 3.95. The minimum absolute atomic E-state index is 0.350. The Balaban J connectivity index is 3.02. The Bertz CT molecular complexity index is 446. The number of carbonyl (C=O) groups is 2. The molecule has 6 heteroatoms. The maximum Gasteiger partial charge on any atom is 0.374 e. The maximum atomic E-state index is 13.2. The third-order valence-corrected chi connectivity index (χ3v) is 2.30.